The molecule has 1 unspecified atom stereocenters. The summed E-state index contributed by atoms with van der Waals surface area (Å²) in [4.78, 5) is 2.41. The monoisotopic (exact) mass is 627 g/mol. The Morgan fingerprint density at radius 3 is 1.47 bits per heavy atom. The summed E-state index contributed by atoms with van der Waals surface area (Å²) < 4.78 is 0. The van der Waals surface area contributed by atoms with Crippen molar-refractivity contribution in [1.82, 2.24) is 0 Å². The fourth-order valence-electron chi connectivity index (χ4n) is 8.46. The van der Waals surface area contributed by atoms with Crippen LogP contribution in [0, 0.1) is 5.41 Å². The van der Waals surface area contributed by atoms with E-state index < -0.39 is 0 Å². The molecule has 7 aromatic carbocycles. The van der Waals surface area contributed by atoms with E-state index in [9.17, 15) is 0 Å². The average Bonchev–Trinajstić information content (AvgIpc) is 3.46. The zero-order valence-corrected chi connectivity index (χ0v) is 27.8. The Bertz CT molecular complexity index is 2250. The van der Waals surface area contributed by atoms with Gasteiger partial charge >= 0.3 is 0 Å². The lowest BCUT2D eigenvalue weighted by molar-refractivity contribution is 0.323. The van der Waals surface area contributed by atoms with Crippen LogP contribution in [0.5, 0.6) is 0 Å². The zero-order chi connectivity index (χ0) is 33.0. The van der Waals surface area contributed by atoms with Crippen molar-refractivity contribution in [1.29, 1.82) is 0 Å². The molecule has 0 aromatic heterocycles. The summed E-state index contributed by atoms with van der Waals surface area (Å²) in [5.74, 6) is 0. The van der Waals surface area contributed by atoms with Crippen LogP contribution in [0.25, 0.3) is 39.5 Å². The number of benzene rings is 7. The first-order valence-corrected chi connectivity index (χ1v) is 17.2. The maximum atomic E-state index is 2.48. The molecule has 0 saturated heterocycles. The Hall–Kier alpha value is -5.92. The molecule has 0 aliphatic heterocycles. The SMILES string of the molecule is CC1(C)C=Cc2ccccc2C12c1ccccc1-c1ccc(N(c3ccc(-c4ccccc4)cc3)c3ccc(-c4ccccc4)cc3)cc12. The van der Waals surface area contributed by atoms with Gasteiger partial charge in [0.25, 0.3) is 0 Å². The highest BCUT2D eigenvalue weighted by Crippen LogP contribution is 2.63. The Kier molecular flexibility index (Phi) is 6.78. The predicted octanol–water partition coefficient (Wildman–Crippen LogP) is 12.9. The molecule has 0 fully saturated rings. The molecule has 0 heterocycles. The number of allylic oxidation sites excluding steroid dienone is 1. The minimum Gasteiger partial charge on any atom is -0.310 e. The molecule has 0 saturated carbocycles. The van der Waals surface area contributed by atoms with Gasteiger partial charge in [-0.3, -0.25) is 0 Å². The van der Waals surface area contributed by atoms with Gasteiger partial charge in [0.2, 0.25) is 0 Å². The van der Waals surface area contributed by atoms with Gasteiger partial charge in [-0.05, 0) is 92.0 Å². The van der Waals surface area contributed by atoms with Crippen molar-refractivity contribution in [2.45, 2.75) is 19.3 Å². The first-order chi connectivity index (χ1) is 24.0. The first kappa shape index (κ1) is 29.2. The van der Waals surface area contributed by atoms with Gasteiger partial charge in [-0.1, -0.05) is 166 Å². The van der Waals surface area contributed by atoms with Crippen LogP contribution in [0.4, 0.5) is 17.1 Å². The molecule has 9 rings (SSSR count). The molecular formula is C48H37N. The van der Waals surface area contributed by atoms with Crippen molar-refractivity contribution in [2.75, 3.05) is 4.90 Å². The van der Waals surface area contributed by atoms with E-state index in [1.165, 1.54) is 55.6 Å². The molecule has 0 N–H and O–H groups in total. The molecule has 2 aliphatic carbocycles. The van der Waals surface area contributed by atoms with E-state index in [2.05, 4.69) is 207 Å². The molecule has 7 aromatic rings. The first-order valence-electron chi connectivity index (χ1n) is 17.2. The summed E-state index contributed by atoms with van der Waals surface area (Å²) in [5, 5.41) is 0. The van der Waals surface area contributed by atoms with Crippen LogP contribution in [0.2, 0.25) is 0 Å². The van der Waals surface area contributed by atoms with Crippen LogP contribution in [0.3, 0.4) is 0 Å². The molecule has 1 atom stereocenters. The summed E-state index contributed by atoms with van der Waals surface area (Å²) in [7, 11) is 0. The van der Waals surface area contributed by atoms with E-state index in [1.807, 2.05) is 0 Å². The maximum absolute atomic E-state index is 2.48. The fourth-order valence-corrected chi connectivity index (χ4v) is 8.46. The summed E-state index contributed by atoms with van der Waals surface area (Å²) in [5.41, 5.74) is 15.8. The lowest BCUT2D eigenvalue weighted by Gasteiger charge is -2.48. The van der Waals surface area contributed by atoms with Crippen molar-refractivity contribution in [3.05, 3.63) is 204 Å². The Balaban J connectivity index is 1.25. The second-order valence-electron chi connectivity index (χ2n) is 13.8. The highest BCUT2D eigenvalue weighted by molar-refractivity contribution is 5.90. The second kappa shape index (κ2) is 11.4. The topological polar surface area (TPSA) is 3.24 Å². The summed E-state index contributed by atoms with van der Waals surface area (Å²) in [6.45, 7) is 4.81. The average molecular weight is 628 g/mol. The Morgan fingerprint density at radius 2 is 0.857 bits per heavy atom. The van der Waals surface area contributed by atoms with E-state index >= 15 is 0 Å². The molecule has 0 radical (unpaired) electrons. The molecule has 1 heteroatoms. The lowest BCUT2D eigenvalue weighted by atomic mass is 9.54. The number of hydrogen-bond acceptors (Lipinski definition) is 1. The van der Waals surface area contributed by atoms with Crippen LogP contribution >= 0.6 is 0 Å². The third kappa shape index (κ3) is 4.54. The normalized spacial score (nSPS) is 16.5. The van der Waals surface area contributed by atoms with E-state index in [-0.39, 0.29) is 10.8 Å². The van der Waals surface area contributed by atoms with Gasteiger partial charge < -0.3 is 4.90 Å². The van der Waals surface area contributed by atoms with Crippen molar-refractivity contribution in [2.24, 2.45) is 5.41 Å². The number of anilines is 3. The number of rotatable bonds is 5. The van der Waals surface area contributed by atoms with Crippen LogP contribution in [0.15, 0.2) is 182 Å². The Labute approximate surface area is 289 Å². The zero-order valence-electron chi connectivity index (χ0n) is 27.8. The smallest absolute Gasteiger partial charge is 0.0555 e. The van der Waals surface area contributed by atoms with Crippen LogP contribution < -0.4 is 4.90 Å². The van der Waals surface area contributed by atoms with Crippen molar-refractivity contribution >= 4 is 23.1 Å². The molecule has 0 amide bonds. The van der Waals surface area contributed by atoms with Gasteiger partial charge in [0.1, 0.15) is 0 Å². The standard InChI is InChI=1S/C48H37N/c1-47(2)32-31-38-17-9-11-19-44(38)48(47)45-20-12-10-18-42(45)43-30-29-41(33-46(43)48)49(39-25-21-36(22-26-39)34-13-5-3-6-14-34)40-27-23-37(24-28-40)35-15-7-4-8-16-35/h3-33H,1-2H3. The highest BCUT2D eigenvalue weighted by atomic mass is 15.1. The minimum absolute atomic E-state index is 0.166. The molecular weight excluding hydrogens is 591 g/mol. The van der Waals surface area contributed by atoms with Gasteiger partial charge in [0.15, 0.2) is 0 Å². The fraction of sp³-hybridized carbons (Fsp3) is 0.0833. The molecule has 2 aliphatic rings. The van der Waals surface area contributed by atoms with Crippen molar-refractivity contribution in [3.63, 3.8) is 0 Å². The summed E-state index contributed by atoms with van der Waals surface area (Å²) in [6, 6.07) is 64.4. The van der Waals surface area contributed by atoms with Gasteiger partial charge in [-0.25, -0.2) is 0 Å². The molecule has 1 spiro atoms. The van der Waals surface area contributed by atoms with Crippen LogP contribution in [-0.2, 0) is 5.41 Å². The number of fused-ring (bicyclic) bond motifs is 7. The third-order valence-electron chi connectivity index (χ3n) is 10.8. The van der Waals surface area contributed by atoms with Crippen molar-refractivity contribution < 1.29 is 0 Å². The van der Waals surface area contributed by atoms with E-state index in [4.69, 9.17) is 0 Å². The molecule has 0 bridgehead atoms. The van der Waals surface area contributed by atoms with E-state index in [0.29, 0.717) is 0 Å². The summed E-state index contributed by atoms with van der Waals surface area (Å²) >= 11 is 0. The number of nitrogens with zero attached hydrogens (tertiary/aromatic N) is 1. The maximum Gasteiger partial charge on any atom is 0.0555 e. The predicted molar refractivity (Wildman–Crippen MR) is 207 cm³/mol. The lowest BCUT2D eigenvalue weighted by Crippen LogP contribution is -2.43. The molecule has 234 valence electrons. The Morgan fingerprint density at radius 1 is 0.388 bits per heavy atom. The van der Waals surface area contributed by atoms with E-state index in [1.54, 1.807) is 0 Å². The number of hydrogen-bond donors (Lipinski definition) is 0. The van der Waals surface area contributed by atoms with E-state index in [0.717, 1.165) is 17.1 Å². The minimum atomic E-state index is -0.333. The van der Waals surface area contributed by atoms with Gasteiger partial charge in [0.05, 0.1) is 5.41 Å². The van der Waals surface area contributed by atoms with Crippen LogP contribution in [-0.4, -0.2) is 0 Å². The van der Waals surface area contributed by atoms with Gasteiger partial charge in [-0.15, -0.1) is 0 Å². The largest absolute Gasteiger partial charge is 0.310 e. The van der Waals surface area contributed by atoms with Gasteiger partial charge in [0, 0.05) is 22.5 Å². The second-order valence-corrected chi connectivity index (χ2v) is 13.8. The highest BCUT2D eigenvalue weighted by Gasteiger charge is 2.55. The van der Waals surface area contributed by atoms with Gasteiger partial charge in [-0.2, -0.15) is 0 Å². The molecule has 1 nitrogen and oxygen atoms in total. The van der Waals surface area contributed by atoms with Crippen LogP contribution in [0.1, 0.15) is 36.1 Å². The van der Waals surface area contributed by atoms with Crippen molar-refractivity contribution in [3.8, 4) is 33.4 Å². The quantitative estimate of drug-likeness (QED) is 0.184. The molecule has 49 heavy (non-hydrogen) atoms. The summed E-state index contributed by atoms with van der Waals surface area (Å²) in [6.07, 6.45) is 4.75. The third-order valence-corrected chi connectivity index (χ3v) is 10.8.